The van der Waals surface area contributed by atoms with Crippen LogP contribution in [0.15, 0.2) is 60.7 Å². The van der Waals surface area contributed by atoms with Crippen LogP contribution >= 0.6 is 0 Å². The van der Waals surface area contributed by atoms with E-state index < -0.39 is 47.1 Å². The van der Waals surface area contributed by atoms with Crippen LogP contribution < -0.4 is 21.3 Å². The summed E-state index contributed by atoms with van der Waals surface area (Å²) >= 11 is 0. The summed E-state index contributed by atoms with van der Waals surface area (Å²) in [7, 11) is 0. The number of hydrogen-bond acceptors (Lipinski definition) is 5. The second-order valence-electron chi connectivity index (χ2n) is 12.9. The number of carbonyl (C=O) groups is 4. The summed E-state index contributed by atoms with van der Waals surface area (Å²) in [6.07, 6.45) is 5.73. The zero-order chi connectivity index (χ0) is 35.5. The molecule has 0 saturated carbocycles. The van der Waals surface area contributed by atoms with E-state index in [0.29, 0.717) is 19.3 Å². The molecule has 0 bridgehead atoms. The molecule has 5 N–H and O–H groups in total. The largest absolute Gasteiger partial charge is 0.381 e. The summed E-state index contributed by atoms with van der Waals surface area (Å²) in [5.41, 5.74) is 0.257. The molecule has 0 aliphatic carbocycles. The van der Waals surface area contributed by atoms with E-state index >= 15 is 0 Å². The number of rotatable bonds is 21. The van der Waals surface area contributed by atoms with Crippen LogP contribution in [0.4, 0.5) is 8.78 Å². The zero-order valence-corrected chi connectivity index (χ0v) is 28.6. The Hall–Kier alpha value is -4.12. The van der Waals surface area contributed by atoms with E-state index in [1.807, 2.05) is 70.2 Å². The van der Waals surface area contributed by atoms with Crippen molar-refractivity contribution in [3.8, 4) is 0 Å². The Labute approximate surface area is 283 Å². The van der Waals surface area contributed by atoms with Gasteiger partial charge in [0.2, 0.25) is 17.7 Å². The Morgan fingerprint density at radius 1 is 0.875 bits per heavy atom. The highest BCUT2D eigenvalue weighted by molar-refractivity contribution is 5.83. The van der Waals surface area contributed by atoms with Gasteiger partial charge in [0, 0.05) is 38.4 Å². The lowest BCUT2D eigenvalue weighted by Crippen LogP contribution is -2.53. The lowest BCUT2D eigenvalue weighted by Gasteiger charge is -2.28. The number of allylic oxidation sites excluding steroid dienone is 2. The molecule has 9 nitrogen and oxygen atoms in total. The summed E-state index contributed by atoms with van der Waals surface area (Å²) < 4.78 is 28.2. The Kier molecular flexibility index (Phi) is 17.5. The highest BCUT2D eigenvalue weighted by Crippen LogP contribution is 2.16. The van der Waals surface area contributed by atoms with Gasteiger partial charge >= 0.3 is 0 Å². The first-order chi connectivity index (χ1) is 22.8. The first-order valence-corrected chi connectivity index (χ1v) is 16.7. The van der Waals surface area contributed by atoms with Gasteiger partial charge in [0.05, 0.1) is 6.04 Å². The van der Waals surface area contributed by atoms with Crippen LogP contribution in [0.2, 0.25) is 0 Å². The van der Waals surface area contributed by atoms with Crippen molar-refractivity contribution in [2.45, 2.75) is 104 Å². The predicted octanol–water partition coefficient (Wildman–Crippen LogP) is 4.67. The molecule has 0 heterocycles. The minimum Gasteiger partial charge on any atom is -0.381 e. The van der Waals surface area contributed by atoms with Crippen LogP contribution in [0.25, 0.3) is 0 Å². The van der Waals surface area contributed by atoms with Gasteiger partial charge in [-0.05, 0) is 67.3 Å². The molecule has 3 atom stereocenters. The van der Waals surface area contributed by atoms with Crippen LogP contribution in [0.5, 0.6) is 0 Å². The summed E-state index contributed by atoms with van der Waals surface area (Å²) in [5, 5.41) is 22.1. The molecule has 0 spiro atoms. The fourth-order valence-electron chi connectivity index (χ4n) is 5.05. The van der Waals surface area contributed by atoms with Gasteiger partial charge in [0.1, 0.15) is 11.6 Å². The summed E-state index contributed by atoms with van der Waals surface area (Å²) in [4.78, 5) is 51.1. The van der Waals surface area contributed by atoms with Crippen molar-refractivity contribution in [3.05, 3.63) is 83.4 Å². The first-order valence-electron chi connectivity index (χ1n) is 16.7. The minimum absolute atomic E-state index is 0.0471. The molecule has 264 valence electrons. The van der Waals surface area contributed by atoms with Crippen molar-refractivity contribution in [2.24, 2.45) is 5.41 Å². The molecular weight excluding hydrogens is 618 g/mol. The quantitative estimate of drug-likeness (QED) is 0.0972. The number of benzene rings is 2. The van der Waals surface area contributed by atoms with Crippen molar-refractivity contribution in [2.75, 3.05) is 13.1 Å². The molecule has 0 aromatic heterocycles. The number of aliphatic hydroxyl groups is 1. The highest BCUT2D eigenvalue weighted by atomic mass is 19.1. The molecule has 0 radical (unpaired) electrons. The highest BCUT2D eigenvalue weighted by Gasteiger charge is 2.30. The number of hydrogen-bond donors (Lipinski definition) is 5. The van der Waals surface area contributed by atoms with Crippen LogP contribution in [-0.4, -0.2) is 60.0 Å². The molecule has 3 unspecified atom stereocenters. The van der Waals surface area contributed by atoms with Gasteiger partial charge in [-0.1, -0.05) is 76.1 Å². The molecule has 2 aromatic rings. The zero-order valence-electron chi connectivity index (χ0n) is 28.6. The van der Waals surface area contributed by atoms with Gasteiger partial charge in [-0.2, -0.15) is 0 Å². The van der Waals surface area contributed by atoms with E-state index in [1.54, 1.807) is 0 Å². The molecule has 0 aliphatic rings. The summed E-state index contributed by atoms with van der Waals surface area (Å²) in [6.45, 7) is 7.76. The number of unbranched alkanes of at least 4 members (excludes halogenated alkanes) is 2. The molecule has 2 aromatic carbocycles. The Bertz CT molecular complexity index is 1350. The van der Waals surface area contributed by atoms with E-state index in [9.17, 15) is 33.1 Å². The third kappa shape index (κ3) is 15.6. The normalized spacial score (nSPS) is 13.4. The van der Waals surface area contributed by atoms with E-state index in [4.69, 9.17) is 0 Å². The van der Waals surface area contributed by atoms with Gasteiger partial charge in [-0.15, -0.1) is 0 Å². The Balaban J connectivity index is 1.99. The van der Waals surface area contributed by atoms with Crippen molar-refractivity contribution in [1.82, 2.24) is 21.3 Å². The molecule has 11 heteroatoms. The molecule has 48 heavy (non-hydrogen) atoms. The van der Waals surface area contributed by atoms with Gasteiger partial charge in [-0.25, -0.2) is 8.78 Å². The van der Waals surface area contributed by atoms with Crippen LogP contribution in [-0.2, 0) is 32.0 Å². The lowest BCUT2D eigenvalue weighted by atomic mass is 9.92. The number of halogens is 2. The fraction of sp³-hybridized carbons (Fsp3) is 0.514. The third-order valence-electron chi connectivity index (χ3n) is 7.85. The minimum atomic E-state index is -1.51. The van der Waals surface area contributed by atoms with Crippen molar-refractivity contribution < 1.29 is 33.1 Å². The Morgan fingerprint density at radius 3 is 2.25 bits per heavy atom. The number of carbonyl (C=O) groups excluding carboxylic acids is 4. The van der Waals surface area contributed by atoms with E-state index in [2.05, 4.69) is 21.3 Å². The van der Waals surface area contributed by atoms with E-state index in [1.165, 1.54) is 0 Å². The lowest BCUT2D eigenvalue weighted by molar-refractivity contribution is -0.132. The van der Waals surface area contributed by atoms with Crippen LogP contribution in [0.3, 0.4) is 0 Å². The SMILES string of the molecule is CC=CCCC(=O)NC(CC(=O)NCC(C)(C)CNC(=O)C(O)C(Cc1ccccc1)NC(=O)CCCCC)Cc1cc(F)ccc1F. The number of aliphatic hydroxyl groups excluding tert-OH is 1. The maximum absolute atomic E-state index is 14.4. The van der Waals surface area contributed by atoms with Gasteiger partial charge in [0.25, 0.3) is 5.91 Å². The predicted molar refractivity (Wildman–Crippen MR) is 183 cm³/mol. The number of amides is 4. The molecule has 4 amide bonds. The monoisotopic (exact) mass is 670 g/mol. The molecule has 0 saturated heterocycles. The molecular formula is C37H52F2N4O5. The average Bonchev–Trinajstić information content (AvgIpc) is 3.04. The van der Waals surface area contributed by atoms with Crippen LogP contribution in [0, 0.1) is 17.0 Å². The molecule has 0 fully saturated rings. The van der Waals surface area contributed by atoms with E-state index in [0.717, 1.165) is 36.6 Å². The maximum atomic E-state index is 14.4. The topological polar surface area (TPSA) is 137 Å². The van der Waals surface area contributed by atoms with Gasteiger partial charge in [-0.3, -0.25) is 19.2 Å². The summed E-state index contributed by atoms with van der Waals surface area (Å²) in [5.74, 6) is -2.87. The third-order valence-corrected chi connectivity index (χ3v) is 7.85. The van der Waals surface area contributed by atoms with Crippen molar-refractivity contribution in [1.29, 1.82) is 0 Å². The molecule has 2 rings (SSSR count). The fourth-order valence-corrected chi connectivity index (χ4v) is 5.05. The van der Waals surface area contributed by atoms with E-state index in [-0.39, 0.29) is 56.2 Å². The van der Waals surface area contributed by atoms with Crippen LogP contribution in [0.1, 0.15) is 83.8 Å². The second-order valence-corrected chi connectivity index (χ2v) is 12.9. The van der Waals surface area contributed by atoms with Gasteiger partial charge in [0.15, 0.2) is 6.10 Å². The Morgan fingerprint density at radius 2 is 1.56 bits per heavy atom. The standard InChI is InChI=1S/C37H52F2N4O5/c1-5-7-10-16-32(44)42-29(22-27-21-28(38)18-19-30(27)39)23-34(46)40-24-37(3,4)25-41-36(48)35(47)31(20-26-14-12-9-13-15-26)43-33(45)17-11-8-6-2/h5,7,9,12-15,18-19,21,29,31,35,47H,6,8,10-11,16-17,20,22-25H2,1-4H3,(H,40,46)(H,41,48)(H,42,44)(H,43,45). The maximum Gasteiger partial charge on any atom is 0.251 e. The summed E-state index contributed by atoms with van der Waals surface area (Å²) in [6, 6.07) is 10.7. The first kappa shape index (κ1) is 40.1. The van der Waals surface area contributed by atoms with Crippen molar-refractivity contribution in [3.63, 3.8) is 0 Å². The molecule has 0 aliphatic heterocycles. The average molecular weight is 671 g/mol. The van der Waals surface area contributed by atoms with Gasteiger partial charge < -0.3 is 26.4 Å². The van der Waals surface area contributed by atoms with Crippen molar-refractivity contribution >= 4 is 23.6 Å². The number of nitrogens with one attached hydrogen (secondary N) is 4. The second kappa shape index (κ2) is 21.0. The smallest absolute Gasteiger partial charge is 0.251 e.